The van der Waals surface area contributed by atoms with E-state index in [2.05, 4.69) is 15.6 Å². The highest BCUT2D eigenvalue weighted by Crippen LogP contribution is 2.19. The largest absolute Gasteiger partial charge is 0.481 e. The Kier molecular flexibility index (Phi) is 4.70. The van der Waals surface area contributed by atoms with E-state index in [0.717, 1.165) is 25.0 Å². The zero-order valence-corrected chi connectivity index (χ0v) is 11.6. The van der Waals surface area contributed by atoms with Crippen LogP contribution in [0.3, 0.4) is 0 Å². The summed E-state index contributed by atoms with van der Waals surface area (Å²) in [6.07, 6.45) is 6.12. The number of aliphatic carboxylic acids is 1. The number of carboxylic acids is 1. The van der Waals surface area contributed by atoms with Gasteiger partial charge in [0.2, 0.25) is 5.91 Å². The molecule has 0 radical (unpaired) electrons. The molecule has 0 aromatic carbocycles. The zero-order valence-electron chi connectivity index (χ0n) is 11.6. The van der Waals surface area contributed by atoms with Gasteiger partial charge in [-0.25, -0.2) is 4.68 Å². The van der Waals surface area contributed by atoms with Gasteiger partial charge in [-0.2, -0.15) is 0 Å². The third-order valence-corrected chi connectivity index (χ3v) is 3.33. The maximum absolute atomic E-state index is 11.9. The summed E-state index contributed by atoms with van der Waals surface area (Å²) in [5, 5.41) is 19.5. The van der Waals surface area contributed by atoms with Gasteiger partial charge in [0.15, 0.2) is 0 Å². The molecule has 1 atom stereocenters. The summed E-state index contributed by atoms with van der Waals surface area (Å²) < 4.78 is 1.56. The molecule has 1 aliphatic rings. The Morgan fingerprint density at radius 3 is 2.90 bits per heavy atom. The summed E-state index contributed by atoms with van der Waals surface area (Å²) in [6, 6.07) is -0.0279. The van der Waals surface area contributed by atoms with Crippen molar-refractivity contribution >= 4 is 11.9 Å². The molecule has 0 bridgehead atoms. The van der Waals surface area contributed by atoms with Crippen LogP contribution >= 0.6 is 0 Å². The molecule has 110 valence electrons. The van der Waals surface area contributed by atoms with Crippen LogP contribution in [0.1, 0.15) is 50.8 Å². The molecule has 1 aliphatic carbocycles. The van der Waals surface area contributed by atoms with Gasteiger partial charge in [0.1, 0.15) is 6.04 Å². The molecule has 1 amide bonds. The lowest BCUT2D eigenvalue weighted by atomic mass is 10.1. The molecule has 1 saturated carbocycles. The number of nitrogens with zero attached hydrogens (tertiary/aromatic N) is 3. The Balaban J connectivity index is 1.78. The van der Waals surface area contributed by atoms with E-state index in [-0.39, 0.29) is 18.4 Å². The van der Waals surface area contributed by atoms with Gasteiger partial charge in [-0.15, -0.1) is 5.10 Å². The minimum atomic E-state index is -0.779. The van der Waals surface area contributed by atoms with Crippen molar-refractivity contribution in [1.82, 2.24) is 20.3 Å². The summed E-state index contributed by atoms with van der Waals surface area (Å²) in [6.45, 7) is 1.79. The molecule has 1 heterocycles. The first-order valence-electron chi connectivity index (χ1n) is 6.99. The highest BCUT2D eigenvalue weighted by Gasteiger charge is 2.26. The molecule has 1 aromatic rings. The fourth-order valence-corrected chi connectivity index (χ4v) is 1.87. The highest BCUT2D eigenvalue weighted by atomic mass is 16.4. The molecule has 0 saturated heterocycles. The van der Waals surface area contributed by atoms with Crippen LogP contribution < -0.4 is 5.32 Å². The fourth-order valence-electron chi connectivity index (χ4n) is 1.87. The smallest absolute Gasteiger partial charge is 0.303 e. The Labute approximate surface area is 117 Å². The van der Waals surface area contributed by atoms with Crippen molar-refractivity contribution in [2.75, 3.05) is 0 Å². The fraction of sp³-hybridized carbons (Fsp3) is 0.692. The molecule has 1 fully saturated rings. The number of carbonyl (C=O) groups excluding carboxylic acids is 1. The van der Waals surface area contributed by atoms with Gasteiger partial charge in [-0.05, 0) is 39.0 Å². The quantitative estimate of drug-likeness (QED) is 0.690. The minimum absolute atomic E-state index is 0.0326. The van der Waals surface area contributed by atoms with Crippen LogP contribution in [-0.4, -0.2) is 38.0 Å². The van der Waals surface area contributed by atoms with Gasteiger partial charge in [-0.1, -0.05) is 5.21 Å². The summed E-state index contributed by atoms with van der Waals surface area (Å²) >= 11 is 0. The maximum atomic E-state index is 11.9. The number of aromatic nitrogens is 3. The van der Waals surface area contributed by atoms with Crippen molar-refractivity contribution < 1.29 is 14.7 Å². The second-order valence-corrected chi connectivity index (χ2v) is 5.25. The van der Waals surface area contributed by atoms with Crippen molar-refractivity contribution in [1.29, 1.82) is 0 Å². The topological polar surface area (TPSA) is 97.1 Å². The molecule has 1 aromatic heterocycles. The lowest BCUT2D eigenvalue weighted by Crippen LogP contribution is -2.32. The standard InChI is InChI=1S/C13H20N4O3/c1-9(13(20)14-10-6-7-10)17-8-11(15-16-17)4-2-3-5-12(18)19/h8-10H,2-7H2,1H3,(H,14,20)(H,18,19). The van der Waals surface area contributed by atoms with E-state index in [0.29, 0.717) is 18.9 Å². The number of hydrogen-bond acceptors (Lipinski definition) is 4. The molecule has 7 nitrogen and oxygen atoms in total. The molecule has 0 aliphatic heterocycles. The maximum Gasteiger partial charge on any atom is 0.303 e. The summed E-state index contributed by atoms with van der Waals surface area (Å²) in [5.41, 5.74) is 0.793. The average molecular weight is 280 g/mol. The molecular formula is C13H20N4O3. The summed E-state index contributed by atoms with van der Waals surface area (Å²) in [5.74, 6) is -0.811. The number of carbonyl (C=O) groups is 2. The van der Waals surface area contributed by atoms with Crippen molar-refractivity contribution in [3.63, 3.8) is 0 Å². The first kappa shape index (κ1) is 14.5. The number of amides is 1. The van der Waals surface area contributed by atoms with Gasteiger partial charge in [0.25, 0.3) is 0 Å². The van der Waals surface area contributed by atoms with Gasteiger partial charge < -0.3 is 10.4 Å². The van der Waals surface area contributed by atoms with Crippen molar-refractivity contribution in [3.8, 4) is 0 Å². The first-order valence-corrected chi connectivity index (χ1v) is 6.99. The van der Waals surface area contributed by atoms with Gasteiger partial charge in [-0.3, -0.25) is 9.59 Å². The van der Waals surface area contributed by atoms with Gasteiger partial charge >= 0.3 is 5.97 Å². The van der Waals surface area contributed by atoms with Crippen molar-refractivity contribution in [3.05, 3.63) is 11.9 Å². The van der Waals surface area contributed by atoms with Crippen LogP contribution in [0.4, 0.5) is 0 Å². The van der Waals surface area contributed by atoms with E-state index in [4.69, 9.17) is 5.11 Å². The predicted octanol–water partition coefficient (Wildman–Crippen LogP) is 0.915. The number of hydrogen-bond donors (Lipinski definition) is 2. The van der Waals surface area contributed by atoms with Crippen LogP contribution in [-0.2, 0) is 16.0 Å². The molecule has 7 heteroatoms. The van der Waals surface area contributed by atoms with Crippen molar-refractivity contribution in [2.45, 2.75) is 57.5 Å². The predicted molar refractivity (Wildman–Crippen MR) is 71.1 cm³/mol. The third-order valence-electron chi connectivity index (χ3n) is 3.33. The molecule has 0 spiro atoms. The Hall–Kier alpha value is -1.92. The number of aryl methyl sites for hydroxylation is 1. The second kappa shape index (κ2) is 6.49. The molecule has 2 N–H and O–H groups in total. The van der Waals surface area contributed by atoms with Crippen LogP contribution in [0.15, 0.2) is 6.20 Å². The zero-order chi connectivity index (χ0) is 14.5. The third kappa shape index (κ3) is 4.32. The summed E-state index contributed by atoms with van der Waals surface area (Å²) in [7, 11) is 0. The molecule has 2 rings (SSSR count). The van der Waals surface area contributed by atoms with E-state index in [9.17, 15) is 9.59 Å². The van der Waals surface area contributed by atoms with Crippen LogP contribution in [0.2, 0.25) is 0 Å². The van der Waals surface area contributed by atoms with Crippen molar-refractivity contribution in [2.24, 2.45) is 0 Å². The number of carboxylic acid groups (broad SMARTS) is 1. The monoisotopic (exact) mass is 280 g/mol. The first-order chi connectivity index (χ1) is 9.56. The average Bonchev–Trinajstić information content (AvgIpc) is 3.09. The Morgan fingerprint density at radius 1 is 1.50 bits per heavy atom. The number of nitrogens with one attached hydrogen (secondary N) is 1. The molecule has 20 heavy (non-hydrogen) atoms. The van der Waals surface area contributed by atoms with Gasteiger partial charge in [0.05, 0.1) is 5.69 Å². The Bertz CT molecular complexity index is 482. The lowest BCUT2D eigenvalue weighted by molar-refractivity contribution is -0.137. The normalized spacial score (nSPS) is 15.8. The number of unbranched alkanes of at least 4 members (excludes halogenated alkanes) is 1. The SMILES string of the molecule is CC(C(=O)NC1CC1)n1cc(CCCCC(=O)O)nn1. The van der Waals surface area contributed by atoms with Gasteiger partial charge in [0, 0.05) is 18.7 Å². The van der Waals surface area contributed by atoms with E-state index in [1.807, 2.05) is 0 Å². The second-order valence-electron chi connectivity index (χ2n) is 5.25. The Morgan fingerprint density at radius 2 is 2.25 bits per heavy atom. The van der Waals surface area contributed by atoms with Crippen LogP contribution in [0, 0.1) is 0 Å². The highest BCUT2D eigenvalue weighted by molar-refractivity contribution is 5.80. The van der Waals surface area contributed by atoms with E-state index in [1.165, 1.54) is 0 Å². The lowest BCUT2D eigenvalue weighted by Gasteiger charge is -2.10. The van der Waals surface area contributed by atoms with E-state index < -0.39 is 5.97 Å². The minimum Gasteiger partial charge on any atom is -0.481 e. The van der Waals surface area contributed by atoms with Crippen LogP contribution in [0.25, 0.3) is 0 Å². The number of rotatable bonds is 8. The van der Waals surface area contributed by atoms with E-state index >= 15 is 0 Å². The molecular weight excluding hydrogens is 260 g/mol. The van der Waals surface area contributed by atoms with Crippen LogP contribution in [0.5, 0.6) is 0 Å². The van der Waals surface area contributed by atoms with E-state index in [1.54, 1.807) is 17.8 Å². The summed E-state index contributed by atoms with van der Waals surface area (Å²) in [4.78, 5) is 22.3. The molecule has 1 unspecified atom stereocenters.